The van der Waals surface area contributed by atoms with Crippen molar-refractivity contribution in [3.05, 3.63) is 59.7 Å². The molecule has 0 N–H and O–H groups in total. The summed E-state index contributed by atoms with van der Waals surface area (Å²) in [5.41, 5.74) is 1.62. The summed E-state index contributed by atoms with van der Waals surface area (Å²) < 4.78 is 11.9. The molecule has 0 bridgehead atoms. The second kappa shape index (κ2) is 6.65. The second-order valence-corrected chi connectivity index (χ2v) is 5.47. The predicted octanol–water partition coefficient (Wildman–Crippen LogP) is 4.57. The van der Waals surface area contributed by atoms with Crippen LogP contribution >= 0.6 is 0 Å². The van der Waals surface area contributed by atoms with Gasteiger partial charge in [0.05, 0.1) is 18.6 Å². The number of Topliss-reactive ketones (excluding diaryl/α,β-unsaturated/α-hetero) is 1. The maximum absolute atomic E-state index is 12.3. The van der Waals surface area contributed by atoms with Gasteiger partial charge < -0.3 is 9.47 Å². The number of para-hydroxylation sites is 2. The van der Waals surface area contributed by atoms with Gasteiger partial charge in [-0.1, -0.05) is 43.7 Å². The number of rotatable bonds is 5. The Morgan fingerprint density at radius 2 is 1.91 bits per heavy atom. The molecule has 2 aromatic carbocycles. The summed E-state index contributed by atoms with van der Waals surface area (Å²) in [6, 6.07) is 15.2. The number of hydrogen-bond donors (Lipinski definition) is 0. The van der Waals surface area contributed by atoms with Crippen LogP contribution in [0.2, 0.25) is 0 Å². The summed E-state index contributed by atoms with van der Waals surface area (Å²) in [5, 5.41) is 0. The first-order chi connectivity index (χ1) is 10.8. The number of benzene rings is 2. The molecule has 0 saturated carbocycles. The minimum Gasteiger partial charge on any atom is -0.493 e. The van der Waals surface area contributed by atoms with Gasteiger partial charge in [-0.2, -0.15) is 0 Å². The van der Waals surface area contributed by atoms with Gasteiger partial charge >= 0.3 is 0 Å². The molecule has 0 spiro atoms. The zero-order valence-corrected chi connectivity index (χ0v) is 12.7. The summed E-state index contributed by atoms with van der Waals surface area (Å²) in [5.74, 6) is 1.59. The Morgan fingerprint density at radius 3 is 2.77 bits per heavy atom. The lowest BCUT2D eigenvalue weighted by Gasteiger charge is -2.26. The average Bonchev–Trinajstić information content (AvgIpc) is 2.55. The molecule has 3 heteroatoms. The monoisotopic (exact) mass is 296 g/mol. The van der Waals surface area contributed by atoms with E-state index in [0.29, 0.717) is 24.3 Å². The van der Waals surface area contributed by atoms with Crippen molar-refractivity contribution in [1.82, 2.24) is 0 Å². The van der Waals surface area contributed by atoms with Crippen molar-refractivity contribution in [3.8, 4) is 11.5 Å². The summed E-state index contributed by atoms with van der Waals surface area (Å²) >= 11 is 0. The maximum Gasteiger partial charge on any atom is 0.170 e. The Labute approximate surface area is 130 Å². The fraction of sp³-hybridized carbons (Fsp3) is 0.316. The Kier molecular flexibility index (Phi) is 4.42. The minimum absolute atomic E-state index is 0.121. The third-order valence-electron chi connectivity index (χ3n) is 3.85. The normalized spacial score (nSPS) is 16.8. The molecule has 1 aliphatic rings. The highest BCUT2D eigenvalue weighted by Crippen LogP contribution is 2.37. The third-order valence-corrected chi connectivity index (χ3v) is 3.85. The molecule has 0 radical (unpaired) electrons. The number of ketones is 1. The molecular formula is C19H20O3. The lowest BCUT2D eigenvalue weighted by atomic mass is 9.96. The van der Waals surface area contributed by atoms with Gasteiger partial charge in [-0.3, -0.25) is 4.79 Å². The van der Waals surface area contributed by atoms with Gasteiger partial charge in [-0.05, 0) is 24.6 Å². The van der Waals surface area contributed by atoms with Crippen molar-refractivity contribution < 1.29 is 14.3 Å². The van der Waals surface area contributed by atoms with E-state index in [0.717, 1.165) is 24.2 Å². The lowest BCUT2D eigenvalue weighted by Crippen LogP contribution is -2.21. The first-order valence-corrected chi connectivity index (χ1v) is 7.80. The lowest BCUT2D eigenvalue weighted by molar-refractivity contribution is 0.0846. The van der Waals surface area contributed by atoms with Gasteiger partial charge in [0.1, 0.15) is 17.6 Å². The molecule has 0 fully saturated rings. The van der Waals surface area contributed by atoms with Crippen molar-refractivity contribution in [1.29, 1.82) is 0 Å². The van der Waals surface area contributed by atoms with Crippen LogP contribution in [0.1, 0.15) is 48.2 Å². The number of hydrogen-bond acceptors (Lipinski definition) is 3. The van der Waals surface area contributed by atoms with E-state index in [1.165, 1.54) is 0 Å². The smallest absolute Gasteiger partial charge is 0.170 e. The van der Waals surface area contributed by atoms with Crippen LogP contribution in [-0.4, -0.2) is 12.4 Å². The fourth-order valence-corrected chi connectivity index (χ4v) is 2.65. The third kappa shape index (κ3) is 2.98. The number of fused-ring (bicyclic) bond motifs is 1. The molecule has 3 nitrogen and oxygen atoms in total. The first kappa shape index (κ1) is 14.6. The Morgan fingerprint density at radius 1 is 1.14 bits per heavy atom. The SMILES string of the molecule is CCCCOc1ccccc1C1CC(=O)c2ccccc2O1. The summed E-state index contributed by atoms with van der Waals surface area (Å²) in [6.07, 6.45) is 2.18. The molecule has 0 aromatic heterocycles. The van der Waals surface area contributed by atoms with Crippen LogP contribution in [-0.2, 0) is 0 Å². The van der Waals surface area contributed by atoms with Gasteiger partial charge in [0.2, 0.25) is 0 Å². The van der Waals surface area contributed by atoms with Gasteiger partial charge in [-0.25, -0.2) is 0 Å². The van der Waals surface area contributed by atoms with E-state index >= 15 is 0 Å². The van der Waals surface area contributed by atoms with Gasteiger partial charge in [-0.15, -0.1) is 0 Å². The van der Waals surface area contributed by atoms with Crippen LogP contribution in [0, 0.1) is 0 Å². The summed E-state index contributed by atoms with van der Waals surface area (Å²) in [4.78, 5) is 12.3. The maximum atomic E-state index is 12.3. The molecule has 2 aromatic rings. The van der Waals surface area contributed by atoms with E-state index in [1.54, 1.807) is 0 Å². The highest BCUT2D eigenvalue weighted by atomic mass is 16.5. The zero-order chi connectivity index (χ0) is 15.4. The van der Waals surface area contributed by atoms with Crippen LogP contribution in [0.25, 0.3) is 0 Å². The highest BCUT2D eigenvalue weighted by Gasteiger charge is 2.29. The molecule has 1 unspecified atom stereocenters. The van der Waals surface area contributed by atoms with Crippen molar-refractivity contribution in [2.24, 2.45) is 0 Å². The van der Waals surface area contributed by atoms with E-state index < -0.39 is 0 Å². The zero-order valence-electron chi connectivity index (χ0n) is 12.7. The number of ether oxygens (including phenoxy) is 2. The van der Waals surface area contributed by atoms with Crippen LogP contribution in [0.5, 0.6) is 11.5 Å². The quantitative estimate of drug-likeness (QED) is 0.758. The molecule has 1 aliphatic heterocycles. The van der Waals surface area contributed by atoms with E-state index in [2.05, 4.69) is 6.92 Å². The van der Waals surface area contributed by atoms with Crippen LogP contribution in [0.4, 0.5) is 0 Å². The molecule has 0 aliphatic carbocycles. The van der Waals surface area contributed by atoms with Gasteiger partial charge in [0.15, 0.2) is 5.78 Å². The fourth-order valence-electron chi connectivity index (χ4n) is 2.65. The standard InChI is InChI=1S/C19H20O3/c1-2-3-12-21-17-10-6-5-9-15(17)19-13-16(20)14-8-4-7-11-18(14)22-19/h4-11,19H,2-3,12-13H2,1H3. The Bertz CT molecular complexity index is 663. The summed E-state index contributed by atoms with van der Waals surface area (Å²) in [7, 11) is 0. The van der Waals surface area contributed by atoms with Gasteiger partial charge in [0.25, 0.3) is 0 Å². The molecule has 1 atom stereocenters. The van der Waals surface area contributed by atoms with Crippen molar-refractivity contribution in [2.45, 2.75) is 32.3 Å². The first-order valence-electron chi connectivity index (χ1n) is 7.80. The molecule has 1 heterocycles. The largest absolute Gasteiger partial charge is 0.493 e. The topological polar surface area (TPSA) is 35.5 Å². The molecule has 22 heavy (non-hydrogen) atoms. The molecule has 114 valence electrons. The predicted molar refractivity (Wildman–Crippen MR) is 85.6 cm³/mol. The molecule has 3 rings (SSSR count). The van der Waals surface area contributed by atoms with Crippen LogP contribution in [0.15, 0.2) is 48.5 Å². The van der Waals surface area contributed by atoms with Crippen molar-refractivity contribution >= 4 is 5.78 Å². The van der Waals surface area contributed by atoms with Crippen molar-refractivity contribution in [2.75, 3.05) is 6.61 Å². The highest BCUT2D eigenvalue weighted by molar-refractivity contribution is 6.00. The van der Waals surface area contributed by atoms with Gasteiger partial charge in [0, 0.05) is 5.56 Å². The van der Waals surface area contributed by atoms with Crippen molar-refractivity contribution in [3.63, 3.8) is 0 Å². The van der Waals surface area contributed by atoms with E-state index in [9.17, 15) is 4.79 Å². The van der Waals surface area contributed by atoms with E-state index in [4.69, 9.17) is 9.47 Å². The number of carbonyl (C=O) groups is 1. The molecular weight excluding hydrogens is 276 g/mol. The molecule has 0 amide bonds. The van der Waals surface area contributed by atoms with Crippen LogP contribution in [0.3, 0.4) is 0 Å². The second-order valence-electron chi connectivity index (χ2n) is 5.47. The molecule has 0 saturated heterocycles. The Balaban J connectivity index is 1.85. The minimum atomic E-state index is -0.278. The van der Waals surface area contributed by atoms with E-state index in [-0.39, 0.29) is 11.9 Å². The van der Waals surface area contributed by atoms with Crippen LogP contribution < -0.4 is 9.47 Å². The van der Waals surface area contributed by atoms with E-state index in [1.807, 2.05) is 48.5 Å². The summed E-state index contributed by atoms with van der Waals surface area (Å²) in [6.45, 7) is 2.82. The Hall–Kier alpha value is -2.29. The number of unbranched alkanes of at least 4 members (excludes halogenated alkanes) is 1. The number of carbonyl (C=O) groups excluding carboxylic acids is 1. The average molecular weight is 296 g/mol.